The zero-order chi connectivity index (χ0) is 15.6. The monoisotopic (exact) mass is 323 g/mol. The predicted octanol–water partition coefficient (Wildman–Crippen LogP) is 0.629. The van der Waals surface area contributed by atoms with Crippen LogP contribution in [0.5, 0.6) is 17.4 Å². The van der Waals surface area contributed by atoms with Gasteiger partial charge in [0.05, 0.1) is 18.9 Å². The molecule has 0 amide bonds. The van der Waals surface area contributed by atoms with Gasteiger partial charge in [0.1, 0.15) is 16.6 Å². The fourth-order valence-electron chi connectivity index (χ4n) is 1.51. The number of ether oxygens (including phenoxy) is 2. The van der Waals surface area contributed by atoms with E-state index in [1.165, 1.54) is 19.4 Å². The third-order valence-electron chi connectivity index (χ3n) is 2.46. The number of benzene rings is 1. The Hall–Kier alpha value is -1.81. The molecule has 9 heteroatoms. The molecule has 0 atom stereocenters. The number of aromatic nitrogens is 1. The van der Waals surface area contributed by atoms with Crippen molar-refractivity contribution in [1.82, 2.24) is 4.98 Å². The number of hydrogen-bond acceptors (Lipinski definition) is 4. The summed E-state index contributed by atoms with van der Waals surface area (Å²) in [5.74, 6) is -4.01. The summed E-state index contributed by atoms with van der Waals surface area (Å²) in [4.78, 5) is 14.5. The fourth-order valence-corrected chi connectivity index (χ4v) is 1.74. The summed E-state index contributed by atoms with van der Waals surface area (Å²) in [5, 5.41) is 8.80. The first-order valence-electron chi connectivity index (χ1n) is 5.52. The van der Waals surface area contributed by atoms with Gasteiger partial charge in [0.15, 0.2) is 11.6 Å². The minimum atomic E-state index is -1.58. The molecule has 0 bridgehead atoms. The van der Waals surface area contributed by atoms with Crippen LogP contribution in [0.25, 0.3) is 0 Å². The summed E-state index contributed by atoms with van der Waals surface area (Å²) in [7, 11) is 1.37. The Morgan fingerprint density at radius 2 is 2.00 bits per heavy atom. The van der Waals surface area contributed by atoms with Crippen molar-refractivity contribution in [1.29, 1.82) is 0 Å². The van der Waals surface area contributed by atoms with E-state index < -0.39 is 28.9 Å². The molecule has 5 nitrogen and oxygen atoms in total. The summed E-state index contributed by atoms with van der Waals surface area (Å²) in [6.07, 6.45) is 1.20. The van der Waals surface area contributed by atoms with Gasteiger partial charge in [0.25, 0.3) is 0 Å². The second kappa shape index (κ2) is 7.45. The first-order valence-corrected chi connectivity index (χ1v) is 5.90. The van der Waals surface area contributed by atoms with E-state index in [1.54, 1.807) is 0 Å². The third-order valence-corrected chi connectivity index (χ3v) is 2.73. The van der Waals surface area contributed by atoms with Crippen LogP contribution in [0.3, 0.4) is 0 Å². The van der Waals surface area contributed by atoms with E-state index in [-0.39, 0.29) is 36.9 Å². The molecule has 112 valence electrons. The van der Waals surface area contributed by atoms with Gasteiger partial charge in [0.2, 0.25) is 5.88 Å². The predicted molar refractivity (Wildman–Crippen MR) is 70.3 cm³/mol. The molecule has 1 heterocycles. The summed E-state index contributed by atoms with van der Waals surface area (Å²) >= 11 is 5.82. The van der Waals surface area contributed by atoms with Crippen molar-refractivity contribution in [2.24, 2.45) is 0 Å². The Labute approximate surface area is 142 Å². The van der Waals surface area contributed by atoms with Crippen LogP contribution in [0, 0.1) is 11.6 Å². The Morgan fingerprint density at radius 1 is 1.32 bits per heavy atom. The molecule has 0 aliphatic heterocycles. The molecule has 2 aromatic rings. The second-order valence-corrected chi connectivity index (χ2v) is 4.24. The number of halogens is 3. The Bertz CT molecular complexity index is 721. The number of nitrogens with zero attached hydrogens (tertiary/aromatic N) is 1. The molecule has 1 N–H and O–H groups in total. The number of carboxylic acids is 1. The molecule has 0 radical (unpaired) electrons. The summed E-state index contributed by atoms with van der Waals surface area (Å²) in [5.41, 5.74) is -0.786. The zero-order valence-corrected chi connectivity index (χ0v) is 12.3. The molecule has 0 unspecified atom stereocenters. The average molecular weight is 324 g/mol. The quantitative estimate of drug-likeness (QED) is 0.836. The van der Waals surface area contributed by atoms with Gasteiger partial charge >= 0.3 is 24.8 Å². The van der Waals surface area contributed by atoms with Gasteiger partial charge in [0, 0.05) is 12.1 Å². The van der Waals surface area contributed by atoms with Gasteiger partial charge in [-0.05, 0) is 6.07 Å². The zero-order valence-electron chi connectivity index (χ0n) is 12.6. The van der Waals surface area contributed by atoms with E-state index in [9.17, 15) is 13.6 Å². The van der Waals surface area contributed by atoms with Gasteiger partial charge in [-0.1, -0.05) is 11.6 Å². The van der Waals surface area contributed by atoms with Gasteiger partial charge in [-0.3, -0.25) is 0 Å². The van der Waals surface area contributed by atoms with Crippen LogP contribution in [0.2, 0.25) is 5.02 Å². The normalized spacial score (nSPS) is 9.82. The third kappa shape index (κ3) is 3.89. The molecule has 0 saturated heterocycles. The number of hydrogen-bond donors (Lipinski definition) is 1. The Kier molecular flexibility index (Phi) is 6.18. The van der Waals surface area contributed by atoms with Gasteiger partial charge in [-0.25, -0.2) is 18.6 Å². The number of pyridine rings is 1. The smallest absolute Gasteiger partial charge is 1.00 e. The number of rotatable bonds is 4. The van der Waals surface area contributed by atoms with Crippen LogP contribution >= 0.6 is 11.6 Å². The second-order valence-electron chi connectivity index (χ2n) is 3.83. The number of carboxylic acid groups (broad SMARTS) is 1. The molecular weight excluding hydrogens is 315 g/mol. The maximum atomic E-state index is 13.7. The molecule has 22 heavy (non-hydrogen) atoms. The van der Waals surface area contributed by atoms with Crippen molar-refractivity contribution in [2.45, 2.75) is 0 Å². The summed E-state index contributed by atoms with van der Waals surface area (Å²) in [6.45, 7) is 0. The molecule has 0 spiro atoms. The van der Waals surface area contributed by atoms with Crippen LogP contribution in [0.1, 0.15) is 11.8 Å². The maximum Gasteiger partial charge on any atom is 1.00 e. The van der Waals surface area contributed by atoms with E-state index in [2.05, 4.69) is 4.98 Å². The van der Waals surface area contributed by atoms with E-state index >= 15 is 0 Å². The van der Waals surface area contributed by atoms with Gasteiger partial charge in [-0.15, -0.1) is 0 Å². The van der Waals surface area contributed by atoms with Crippen molar-refractivity contribution in [3.05, 3.63) is 46.6 Å². The minimum absolute atomic E-state index is 0. The van der Waals surface area contributed by atoms with Crippen LogP contribution in [0.15, 0.2) is 24.4 Å². The van der Waals surface area contributed by atoms with Crippen molar-refractivity contribution >= 4 is 17.6 Å². The van der Waals surface area contributed by atoms with Crippen LogP contribution < -0.4 is 28.3 Å². The van der Waals surface area contributed by atoms with Crippen LogP contribution in [-0.4, -0.2) is 23.2 Å². The SMILES string of the molecule is COc1ncc(Oc2cc(F)c(C(=O)O)cc2F)cc1Cl.[H-].[Li+]. The molecule has 0 aliphatic rings. The van der Waals surface area contributed by atoms with E-state index in [0.29, 0.717) is 12.1 Å². The van der Waals surface area contributed by atoms with Crippen molar-refractivity contribution in [3.8, 4) is 17.4 Å². The van der Waals surface area contributed by atoms with E-state index in [0.717, 1.165) is 0 Å². The Morgan fingerprint density at radius 3 is 2.55 bits per heavy atom. The average Bonchev–Trinajstić information content (AvgIpc) is 2.42. The fraction of sp³-hybridized carbons (Fsp3) is 0.0769. The Balaban J connectivity index is 0.00000242. The largest absolute Gasteiger partial charge is 1.00 e. The van der Waals surface area contributed by atoms with E-state index in [4.69, 9.17) is 26.2 Å². The minimum Gasteiger partial charge on any atom is -1.00 e. The van der Waals surface area contributed by atoms with Crippen LogP contribution in [-0.2, 0) is 0 Å². The molecule has 0 aliphatic carbocycles. The van der Waals surface area contributed by atoms with Crippen molar-refractivity contribution < 1.29 is 48.4 Å². The molecule has 0 saturated carbocycles. The van der Waals surface area contributed by atoms with Crippen LogP contribution in [0.4, 0.5) is 8.78 Å². The number of methoxy groups -OCH3 is 1. The van der Waals surface area contributed by atoms with Gasteiger partial charge < -0.3 is 16.0 Å². The van der Waals surface area contributed by atoms with E-state index in [1.807, 2.05) is 0 Å². The first-order chi connectivity index (χ1) is 9.92. The number of aromatic carboxylic acids is 1. The molecule has 1 aromatic heterocycles. The maximum absolute atomic E-state index is 13.7. The molecular formula is C13H9ClF2LiNO4. The summed E-state index contributed by atoms with van der Waals surface area (Å²) < 4.78 is 37.1. The number of carbonyl (C=O) groups is 1. The van der Waals surface area contributed by atoms with Crippen molar-refractivity contribution in [3.63, 3.8) is 0 Å². The van der Waals surface area contributed by atoms with Crippen molar-refractivity contribution in [2.75, 3.05) is 7.11 Å². The molecule has 1 aromatic carbocycles. The first kappa shape index (κ1) is 18.2. The molecule has 2 rings (SSSR count). The topological polar surface area (TPSA) is 68.7 Å². The molecule has 0 fully saturated rings. The summed E-state index contributed by atoms with van der Waals surface area (Å²) in [6, 6.07) is 2.47. The standard InChI is InChI=1S/C13H8ClF2NO4.Li.H/c1-20-12-8(14)2-6(5-17-12)21-11-4-9(15)7(13(18)19)3-10(11)16;;/h2-5H,1H3,(H,18,19);;/q;+1;-1. The van der Waals surface area contributed by atoms with Gasteiger partial charge in [-0.2, -0.15) is 0 Å².